The van der Waals surface area contributed by atoms with Crippen LogP contribution in [0, 0.1) is 9.39 Å². The molecule has 0 bridgehead atoms. The summed E-state index contributed by atoms with van der Waals surface area (Å²) in [6, 6.07) is 4.20. The Hall–Kier alpha value is -0.690. The van der Waals surface area contributed by atoms with Crippen molar-refractivity contribution in [2.24, 2.45) is 0 Å². The fourth-order valence-electron chi connectivity index (χ4n) is 1.16. The third-order valence-electron chi connectivity index (χ3n) is 2.02. The Balaban J connectivity index is 2.62. The molecule has 1 N–H and O–H groups in total. The number of hydrogen-bond acceptors (Lipinski definition) is 2. The van der Waals surface area contributed by atoms with E-state index in [4.69, 9.17) is 0 Å². The maximum absolute atomic E-state index is 13.0. The highest BCUT2D eigenvalue weighted by Gasteiger charge is 2.10. The van der Waals surface area contributed by atoms with E-state index in [1.54, 1.807) is 6.07 Å². The molecular formula is C11H14FIN2O. The van der Waals surface area contributed by atoms with E-state index in [2.05, 4.69) is 5.32 Å². The largest absolute Gasteiger partial charge is 0.351 e. The summed E-state index contributed by atoms with van der Waals surface area (Å²) in [5, 5.41) is 2.75. The molecule has 1 rings (SSSR count). The SMILES string of the molecule is CN(C)CCNC(=O)c1cc(F)ccc1I. The van der Waals surface area contributed by atoms with Crippen molar-refractivity contribution in [1.29, 1.82) is 0 Å². The van der Waals surface area contributed by atoms with E-state index in [9.17, 15) is 9.18 Å². The average Bonchev–Trinajstić information content (AvgIpc) is 2.21. The van der Waals surface area contributed by atoms with Crippen LogP contribution in [0.15, 0.2) is 18.2 Å². The van der Waals surface area contributed by atoms with Gasteiger partial charge in [0.1, 0.15) is 5.82 Å². The van der Waals surface area contributed by atoms with Crippen molar-refractivity contribution in [3.05, 3.63) is 33.1 Å². The molecule has 0 radical (unpaired) electrons. The summed E-state index contributed by atoms with van der Waals surface area (Å²) in [4.78, 5) is 13.7. The third-order valence-corrected chi connectivity index (χ3v) is 2.96. The average molecular weight is 336 g/mol. The van der Waals surface area contributed by atoms with Gasteiger partial charge in [0.2, 0.25) is 0 Å². The van der Waals surface area contributed by atoms with Gasteiger partial charge in [0.05, 0.1) is 5.56 Å². The second kappa shape index (κ2) is 6.15. The highest BCUT2D eigenvalue weighted by molar-refractivity contribution is 14.1. The van der Waals surface area contributed by atoms with Crippen molar-refractivity contribution in [2.75, 3.05) is 27.2 Å². The Labute approximate surface area is 108 Å². The summed E-state index contributed by atoms with van der Waals surface area (Å²) in [7, 11) is 3.86. The minimum atomic E-state index is -0.391. The Kier molecular flexibility index (Phi) is 5.14. The molecule has 0 saturated heterocycles. The summed E-state index contributed by atoms with van der Waals surface area (Å²) in [5.41, 5.74) is 0.388. The lowest BCUT2D eigenvalue weighted by Crippen LogP contribution is -2.31. The van der Waals surface area contributed by atoms with Crippen LogP contribution in [0.4, 0.5) is 4.39 Å². The first-order valence-corrected chi connectivity index (χ1v) is 5.96. The Morgan fingerprint density at radius 2 is 2.19 bits per heavy atom. The van der Waals surface area contributed by atoms with Gasteiger partial charge >= 0.3 is 0 Å². The molecule has 0 aliphatic rings. The molecule has 16 heavy (non-hydrogen) atoms. The standard InChI is InChI=1S/C11H14FIN2O/c1-15(2)6-5-14-11(16)9-7-8(12)3-4-10(9)13/h3-4,7H,5-6H2,1-2H3,(H,14,16). The predicted molar refractivity (Wildman–Crippen MR) is 70.0 cm³/mol. The van der Waals surface area contributed by atoms with Crippen LogP contribution in [0.1, 0.15) is 10.4 Å². The van der Waals surface area contributed by atoms with E-state index in [1.165, 1.54) is 12.1 Å². The van der Waals surface area contributed by atoms with E-state index >= 15 is 0 Å². The molecule has 0 saturated carbocycles. The van der Waals surface area contributed by atoms with Gasteiger partial charge < -0.3 is 10.2 Å². The third kappa shape index (κ3) is 4.05. The maximum atomic E-state index is 13.0. The summed E-state index contributed by atoms with van der Waals surface area (Å²) < 4.78 is 13.7. The van der Waals surface area contributed by atoms with Gasteiger partial charge in [-0.05, 0) is 54.9 Å². The second-order valence-corrected chi connectivity index (χ2v) is 4.85. The van der Waals surface area contributed by atoms with Gasteiger partial charge in [0.15, 0.2) is 0 Å². The van der Waals surface area contributed by atoms with E-state index in [1.807, 2.05) is 41.6 Å². The van der Waals surface area contributed by atoms with Crippen molar-refractivity contribution in [3.8, 4) is 0 Å². The number of hydrogen-bond donors (Lipinski definition) is 1. The van der Waals surface area contributed by atoms with E-state index in [0.29, 0.717) is 12.1 Å². The molecule has 0 spiro atoms. The first kappa shape index (κ1) is 13.4. The van der Waals surface area contributed by atoms with Gasteiger partial charge in [-0.1, -0.05) is 0 Å². The molecule has 0 atom stereocenters. The molecule has 0 aromatic heterocycles. The number of carbonyl (C=O) groups is 1. The maximum Gasteiger partial charge on any atom is 0.252 e. The van der Waals surface area contributed by atoms with Crippen molar-refractivity contribution < 1.29 is 9.18 Å². The number of carbonyl (C=O) groups excluding carboxylic acids is 1. The Bertz CT molecular complexity index is 382. The van der Waals surface area contributed by atoms with Crippen LogP contribution in [0.5, 0.6) is 0 Å². The molecule has 0 aliphatic carbocycles. The van der Waals surface area contributed by atoms with Gasteiger partial charge in [0, 0.05) is 16.7 Å². The van der Waals surface area contributed by atoms with Gasteiger partial charge in [0.25, 0.3) is 5.91 Å². The molecular weight excluding hydrogens is 322 g/mol. The first-order chi connectivity index (χ1) is 7.50. The fourth-order valence-corrected chi connectivity index (χ4v) is 1.74. The number of rotatable bonds is 4. The Morgan fingerprint density at radius 3 is 2.81 bits per heavy atom. The lowest BCUT2D eigenvalue weighted by Gasteiger charge is -2.11. The molecule has 0 fully saturated rings. The number of amides is 1. The molecule has 1 aromatic carbocycles. The molecule has 5 heteroatoms. The van der Waals surface area contributed by atoms with Gasteiger partial charge in [-0.2, -0.15) is 0 Å². The monoisotopic (exact) mass is 336 g/mol. The number of halogens is 2. The molecule has 1 amide bonds. The van der Waals surface area contributed by atoms with Crippen LogP contribution in [0.25, 0.3) is 0 Å². The summed E-state index contributed by atoms with van der Waals surface area (Å²) >= 11 is 2.02. The fraction of sp³-hybridized carbons (Fsp3) is 0.364. The van der Waals surface area contributed by atoms with Crippen molar-refractivity contribution in [2.45, 2.75) is 0 Å². The van der Waals surface area contributed by atoms with Crippen molar-refractivity contribution in [1.82, 2.24) is 10.2 Å². The second-order valence-electron chi connectivity index (χ2n) is 3.68. The van der Waals surface area contributed by atoms with Gasteiger partial charge in [-0.15, -0.1) is 0 Å². The molecule has 3 nitrogen and oxygen atoms in total. The summed E-state index contributed by atoms with van der Waals surface area (Å²) in [5.74, 6) is -0.621. The quantitative estimate of drug-likeness (QED) is 0.850. The molecule has 0 heterocycles. The van der Waals surface area contributed by atoms with Crippen LogP contribution in [0.3, 0.4) is 0 Å². The lowest BCUT2D eigenvalue weighted by molar-refractivity contribution is 0.0949. The highest BCUT2D eigenvalue weighted by atomic mass is 127. The Morgan fingerprint density at radius 1 is 1.50 bits per heavy atom. The van der Waals surface area contributed by atoms with Crippen molar-refractivity contribution >= 4 is 28.5 Å². The van der Waals surface area contributed by atoms with Crippen LogP contribution in [-0.2, 0) is 0 Å². The van der Waals surface area contributed by atoms with Crippen LogP contribution < -0.4 is 5.32 Å². The van der Waals surface area contributed by atoms with Crippen LogP contribution in [-0.4, -0.2) is 38.0 Å². The predicted octanol–water partition coefficient (Wildman–Crippen LogP) is 1.72. The first-order valence-electron chi connectivity index (χ1n) is 4.88. The van der Waals surface area contributed by atoms with E-state index in [0.717, 1.165) is 10.1 Å². The minimum absolute atomic E-state index is 0.231. The zero-order valence-corrected chi connectivity index (χ0v) is 11.4. The molecule has 0 aliphatic heterocycles. The zero-order valence-electron chi connectivity index (χ0n) is 9.26. The van der Waals surface area contributed by atoms with E-state index < -0.39 is 5.82 Å². The van der Waals surface area contributed by atoms with Crippen molar-refractivity contribution in [3.63, 3.8) is 0 Å². The zero-order chi connectivity index (χ0) is 12.1. The lowest BCUT2D eigenvalue weighted by atomic mass is 10.2. The molecule has 1 aromatic rings. The summed E-state index contributed by atoms with van der Waals surface area (Å²) in [6.07, 6.45) is 0. The van der Waals surface area contributed by atoms with Gasteiger partial charge in [-0.3, -0.25) is 4.79 Å². The summed E-state index contributed by atoms with van der Waals surface area (Å²) in [6.45, 7) is 1.32. The molecule has 0 unspecified atom stereocenters. The number of benzene rings is 1. The smallest absolute Gasteiger partial charge is 0.252 e. The highest BCUT2D eigenvalue weighted by Crippen LogP contribution is 2.13. The number of nitrogens with one attached hydrogen (secondary N) is 1. The topological polar surface area (TPSA) is 32.3 Å². The molecule has 88 valence electrons. The van der Waals surface area contributed by atoms with E-state index in [-0.39, 0.29) is 5.91 Å². The number of nitrogens with zero attached hydrogens (tertiary/aromatic N) is 1. The number of likely N-dealkylation sites (N-methyl/N-ethyl adjacent to an activating group) is 1. The normalized spacial score (nSPS) is 10.6. The van der Waals surface area contributed by atoms with Gasteiger partial charge in [-0.25, -0.2) is 4.39 Å². The van der Waals surface area contributed by atoms with Crippen LogP contribution >= 0.6 is 22.6 Å². The minimum Gasteiger partial charge on any atom is -0.351 e. The van der Waals surface area contributed by atoms with Crippen LogP contribution in [0.2, 0.25) is 0 Å².